The highest BCUT2D eigenvalue weighted by Gasteiger charge is 2.34. The standard InChI is InChI=1S/C14H19N3O2S/c1-14(2)7-9-12(10(18)8-14)20-13(16-9)17-5-3-11(19)15-4-6-17/h3-8H2,1-2H3,(H,15,19). The van der Waals surface area contributed by atoms with Gasteiger partial charge >= 0.3 is 0 Å². The Bertz CT molecular complexity index is 565. The van der Waals surface area contributed by atoms with Gasteiger partial charge in [-0.05, 0) is 11.8 Å². The van der Waals surface area contributed by atoms with Crippen LogP contribution in [0.1, 0.15) is 42.1 Å². The van der Waals surface area contributed by atoms with Crippen molar-refractivity contribution in [2.75, 3.05) is 24.5 Å². The monoisotopic (exact) mass is 293 g/mol. The zero-order valence-electron chi connectivity index (χ0n) is 11.9. The molecule has 0 unspecified atom stereocenters. The molecule has 1 amide bonds. The molecule has 108 valence electrons. The molecule has 1 aromatic rings. The molecule has 2 heterocycles. The summed E-state index contributed by atoms with van der Waals surface area (Å²) in [6, 6.07) is 0. The Kier molecular flexibility index (Phi) is 3.28. The second-order valence-electron chi connectivity index (χ2n) is 6.30. The molecule has 3 rings (SSSR count). The summed E-state index contributed by atoms with van der Waals surface area (Å²) in [4.78, 5) is 31.2. The fourth-order valence-electron chi connectivity index (χ4n) is 2.80. The number of anilines is 1. The van der Waals surface area contributed by atoms with E-state index in [1.165, 1.54) is 11.3 Å². The second-order valence-corrected chi connectivity index (χ2v) is 7.28. The Morgan fingerprint density at radius 1 is 1.25 bits per heavy atom. The normalized spacial score (nSPS) is 22.2. The maximum absolute atomic E-state index is 12.2. The van der Waals surface area contributed by atoms with Crippen LogP contribution >= 0.6 is 11.3 Å². The number of Topliss-reactive ketones (excluding diaryl/α,β-unsaturated/α-hetero) is 1. The Labute approximate surface area is 122 Å². The molecule has 20 heavy (non-hydrogen) atoms. The molecular formula is C14H19N3O2S. The first-order valence-electron chi connectivity index (χ1n) is 6.99. The molecule has 1 aliphatic heterocycles. The third-order valence-electron chi connectivity index (χ3n) is 3.81. The Balaban J connectivity index is 1.86. The van der Waals surface area contributed by atoms with Gasteiger partial charge in [0.05, 0.1) is 10.6 Å². The van der Waals surface area contributed by atoms with Gasteiger partial charge in [0.1, 0.15) is 0 Å². The van der Waals surface area contributed by atoms with Crippen LogP contribution in [0.2, 0.25) is 0 Å². The topological polar surface area (TPSA) is 62.3 Å². The minimum Gasteiger partial charge on any atom is -0.354 e. The molecule has 1 aliphatic carbocycles. The van der Waals surface area contributed by atoms with Crippen molar-refractivity contribution in [3.63, 3.8) is 0 Å². The van der Waals surface area contributed by atoms with E-state index in [0.717, 1.165) is 28.7 Å². The lowest BCUT2D eigenvalue weighted by Gasteiger charge is -2.26. The smallest absolute Gasteiger partial charge is 0.221 e. The largest absolute Gasteiger partial charge is 0.354 e. The molecule has 2 aliphatic rings. The summed E-state index contributed by atoms with van der Waals surface area (Å²) in [5, 5.41) is 3.74. The van der Waals surface area contributed by atoms with Gasteiger partial charge < -0.3 is 10.2 Å². The van der Waals surface area contributed by atoms with Crippen LogP contribution in [-0.2, 0) is 11.2 Å². The van der Waals surface area contributed by atoms with E-state index in [2.05, 4.69) is 29.0 Å². The minimum atomic E-state index is 0.00569. The first-order chi connectivity index (χ1) is 9.44. The minimum absolute atomic E-state index is 0.00569. The number of carbonyl (C=O) groups excluding carboxylic acids is 2. The summed E-state index contributed by atoms with van der Waals surface area (Å²) in [6.07, 6.45) is 1.95. The number of fused-ring (bicyclic) bond motifs is 1. The number of hydrogen-bond acceptors (Lipinski definition) is 5. The molecule has 0 atom stereocenters. The summed E-state index contributed by atoms with van der Waals surface area (Å²) in [7, 11) is 0. The fourth-order valence-corrected chi connectivity index (χ4v) is 3.87. The molecule has 0 spiro atoms. The molecule has 1 N–H and O–H groups in total. The summed E-state index contributed by atoms with van der Waals surface area (Å²) in [5.74, 6) is 0.301. The molecule has 0 aromatic carbocycles. The number of carbonyl (C=O) groups is 2. The van der Waals surface area contributed by atoms with E-state index in [0.29, 0.717) is 25.9 Å². The highest BCUT2D eigenvalue weighted by molar-refractivity contribution is 7.17. The van der Waals surface area contributed by atoms with Crippen molar-refractivity contribution in [3.8, 4) is 0 Å². The third-order valence-corrected chi connectivity index (χ3v) is 5.01. The van der Waals surface area contributed by atoms with Gasteiger partial charge in [0.15, 0.2) is 10.9 Å². The SMILES string of the molecule is CC1(C)CC(=O)c2sc(N3CCNC(=O)CC3)nc2C1. The van der Waals surface area contributed by atoms with E-state index in [-0.39, 0.29) is 17.1 Å². The predicted octanol–water partition coefficient (Wildman–Crippen LogP) is 1.62. The van der Waals surface area contributed by atoms with Crippen LogP contribution in [0.15, 0.2) is 0 Å². The molecular weight excluding hydrogens is 274 g/mol. The fraction of sp³-hybridized carbons (Fsp3) is 0.643. The molecule has 0 radical (unpaired) electrons. The van der Waals surface area contributed by atoms with E-state index >= 15 is 0 Å². The first-order valence-corrected chi connectivity index (χ1v) is 7.81. The molecule has 1 aromatic heterocycles. The number of aromatic nitrogens is 1. The van der Waals surface area contributed by atoms with Gasteiger partial charge in [-0.25, -0.2) is 4.98 Å². The maximum atomic E-state index is 12.2. The van der Waals surface area contributed by atoms with Crippen LogP contribution in [0.25, 0.3) is 0 Å². The van der Waals surface area contributed by atoms with Crippen LogP contribution in [0.4, 0.5) is 5.13 Å². The van der Waals surface area contributed by atoms with Crippen LogP contribution in [0.3, 0.4) is 0 Å². The van der Waals surface area contributed by atoms with Gasteiger partial charge in [-0.15, -0.1) is 0 Å². The van der Waals surface area contributed by atoms with Crippen molar-refractivity contribution in [2.24, 2.45) is 5.41 Å². The van der Waals surface area contributed by atoms with E-state index in [1.54, 1.807) is 0 Å². The van der Waals surface area contributed by atoms with Crippen LogP contribution in [-0.4, -0.2) is 36.3 Å². The van der Waals surface area contributed by atoms with E-state index in [4.69, 9.17) is 0 Å². The number of ketones is 1. The van der Waals surface area contributed by atoms with Gasteiger partial charge in [0, 0.05) is 32.5 Å². The lowest BCUT2D eigenvalue weighted by Crippen LogP contribution is -2.28. The van der Waals surface area contributed by atoms with Crippen LogP contribution in [0.5, 0.6) is 0 Å². The molecule has 1 saturated heterocycles. The van der Waals surface area contributed by atoms with E-state index in [1.807, 2.05) is 0 Å². The first kappa shape index (κ1) is 13.5. The average molecular weight is 293 g/mol. The third kappa shape index (κ3) is 2.57. The van der Waals surface area contributed by atoms with Crippen molar-refractivity contribution in [1.29, 1.82) is 0 Å². The Hall–Kier alpha value is -1.43. The number of nitrogens with zero attached hydrogens (tertiary/aromatic N) is 2. The van der Waals surface area contributed by atoms with Crippen molar-refractivity contribution >= 4 is 28.2 Å². The van der Waals surface area contributed by atoms with Crippen LogP contribution < -0.4 is 10.2 Å². The number of rotatable bonds is 1. The highest BCUT2D eigenvalue weighted by atomic mass is 32.1. The molecule has 5 nitrogen and oxygen atoms in total. The number of hydrogen-bond donors (Lipinski definition) is 1. The van der Waals surface area contributed by atoms with Gasteiger partial charge in [0.2, 0.25) is 5.91 Å². The quantitative estimate of drug-likeness (QED) is 0.855. The zero-order chi connectivity index (χ0) is 14.3. The van der Waals surface area contributed by atoms with Crippen molar-refractivity contribution < 1.29 is 9.59 Å². The maximum Gasteiger partial charge on any atom is 0.221 e. The molecule has 0 saturated carbocycles. The van der Waals surface area contributed by atoms with E-state index < -0.39 is 0 Å². The lowest BCUT2D eigenvalue weighted by molar-refractivity contribution is -0.120. The van der Waals surface area contributed by atoms with Gasteiger partial charge in [-0.3, -0.25) is 9.59 Å². The van der Waals surface area contributed by atoms with Gasteiger partial charge in [0.25, 0.3) is 0 Å². The van der Waals surface area contributed by atoms with Crippen LogP contribution in [0, 0.1) is 5.41 Å². The van der Waals surface area contributed by atoms with Crippen molar-refractivity contribution in [1.82, 2.24) is 10.3 Å². The molecule has 0 bridgehead atoms. The summed E-state index contributed by atoms with van der Waals surface area (Å²) in [6.45, 7) is 6.30. The summed E-state index contributed by atoms with van der Waals surface area (Å²) in [5.41, 5.74) is 0.945. The van der Waals surface area contributed by atoms with Crippen molar-refractivity contribution in [3.05, 3.63) is 10.6 Å². The van der Waals surface area contributed by atoms with Gasteiger partial charge in [-0.1, -0.05) is 25.2 Å². The molecule has 1 fully saturated rings. The summed E-state index contributed by atoms with van der Waals surface area (Å²) < 4.78 is 0. The Morgan fingerprint density at radius 2 is 2.05 bits per heavy atom. The highest BCUT2D eigenvalue weighted by Crippen LogP contribution is 2.39. The van der Waals surface area contributed by atoms with Crippen molar-refractivity contribution in [2.45, 2.75) is 33.1 Å². The molecule has 6 heteroatoms. The van der Waals surface area contributed by atoms with Gasteiger partial charge in [-0.2, -0.15) is 0 Å². The Morgan fingerprint density at radius 3 is 2.85 bits per heavy atom. The lowest BCUT2D eigenvalue weighted by atomic mass is 9.78. The number of thiazole rings is 1. The number of nitrogens with one attached hydrogen (secondary N) is 1. The predicted molar refractivity (Wildman–Crippen MR) is 78.4 cm³/mol. The average Bonchev–Trinajstić information content (AvgIpc) is 2.63. The zero-order valence-corrected chi connectivity index (χ0v) is 12.7. The second kappa shape index (κ2) is 4.84. The van der Waals surface area contributed by atoms with E-state index in [9.17, 15) is 9.59 Å². The summed E-state index contributed by atoms with van der Waals surface area (Å²) >= 11 is 1.49. The number of amides is 1.